The summed E-state index contributed by atoms with van der Waals surface area (Å²) in [5, 5.41) is 3.50. The molecule has 0 fully saturated rings. The summed E-state index contributed by atoms with van der Waals surface area (Å²) < 4.78 is 7.64. The minimum absolute atomic E-state index is 0.274. The molecule has 1 atom stereocenters. The van der Waals surface area contributed by atoms with Gasteiger partial charge in [0.05, 0.1) is 23.7 Å². The lowest BCUT2D eigenvalue weighted by Gasteiger charge is -2.22. The number of aromatic nitrogens is 2. The number of imidazole rings is 1. The van der Waals surface area contributed by atoms with E-state index in [0.29, 0.717) is 12.5 Å². The fourth-order valence-corrected chi connectivity index (χ4v) is 2.09. The lowest BCUT2D eigenvalue weighted by molar-refractivity contribution is 0.126. The number of anilines is 1. The van der Waals surface area contributed by atoms with E-state index in [1.807, 2.05) is 32.2 Å². The zero-order valence-corrected chi connectivity index (χ0v) is 12.2. The van der Waals surface area contributed by atoms with Gasteiger partial charge in [-0.2, -0.15) is 0 Å². The van der Waals surface area contributed by atoms with Gasteiger partial charge in [0.25, 0.3) is 0 Å². The summed E-state index contributed by atoms with van der Waals surface area (Å²) in [7, 11) is 2.04. The standard InChI is InChI=1S/C15H23N3O/c1-5-19-10-13(11(2)3)17-15-16-12-8-6-7-9-14(12)18(15)4/h6-9,11,13H,5,10H2,1-4H3,(H,16,17). The maximum absolute atomic E-state index is 5.54. The van der Waals surface area contributed by atoms with Crippen molar-refractivity contribution in [3.63, 3.8) is 0 Å². The fourth-order valence-electron chi connectivity index (χ4n) is 2.09. The Bertz CT molecular complexity index is 533. The first-order valence-electron chi connectivity index (χ1n) is 6.89. The van der Waals surface area contributed by atoms with Gasteiger partial charge >= 0.3 is 0 Å². The van der Waals surface area contributed by atoms with Gasteiger partial charge in [-0.15, -0.1) is 0 Å². The molecule has 2 rings (SSSR count). The molecule has 0 saturated heterocycles. The number of rotatable bonds is 6. The third kappa shape index (κ3) is 3.07. The van der Waals surface area contributed by atoms with Gasteiger partial charge in [-0.1, -0.05) is 26.0 Å². The quantitative estimate of drug-likeness (QED) is 0.868. The number of nitrogens with one attached hydrogen (secondary N) is 1. The summed E-state index contributed by atoms with van der Waals surface area (Å²) in [4.78, 5) is 4.64. The van der Waals surface area contributed by atoms with Crippen molar-refractivity contribution in [3.05, 3.63) is 24.3 Å². The molecule has 0 aliphatic rings. The molecule has 19 heavy (non-hydrogen) atoms. The predicted molar refractivity (Wildman–Crippen MR) is 79.5 cm³/mol. The Balaban J connectivity index is 2.21. The first-order valence-corrected chi connectivity index (χ1v) is 6.89. The van der Waals surface area contributed by atoms with E-state index in [-0.39, 0.29) is 6.04 Å². The normalized spacial score (nSPS) is 13.1. The van der Waals surface area contributed by atoms with Crippen molar-refractivity contribution in [3.8, 4) is 0 Å². The molecule has 0 saturated carbocycles. The van der Waals surface area contributed by atoms with E-state index in [2.05, 4.69) is 34.8 Å². The van der Waals surface area contributed by atoms with Gasteiger partial charge in [0.1, 0.15) is 0 Å². The predicted octanol–water partition coefficient (Wildman–Crippen LogP) is 3.05. The Hall–Kier alpha value is -1.55. The van der Waals surface area contributed by atoms with E-state index in [9.17, 15) is 0 Å². The van der Waals surface area contributed by atoms with Gasteiger partial charge in [0, 0.05) is 13.7 Å². The fraction of sp³-hybridized carbons (Fsp3) is 0.533. The van der Waals surface area contributed by atoms with Crippen molar-refractivity contribution in [1.82, 2.24) is 9.55 Å². The molecule has 0 amide bonds. The second kappa shape index (κ2) is 6.06. The van der Waals surface area contributed by atoms with Gasteiger partial charge in [0.2, 0.25) is 5.95 Å². The first-order chi connectivity index (χ1) is 9.13. The lowest BCUT2D eigenvalue weighted by atomic mass is 10.1. The van der Waals surface area contributed by atoms with Crippen LogP contribution in [0.5, 0.6) is 0 Å². The van der Waals surface area contributed by atoms with Crippen LogP contribution in [0.3, 0.4) is 0 Å². The third-order valence-electron chi connectivity index (χ3n) is 3.41. The van der Waals surface area contributed by atoms with Gasteiger partial charge in [0.15, 0.2) is 0 Å². The molecule has 1 unspecified atom stereocenters. The van der Waals surface area contributed by atoms with Crippen molar-refractivity contribution in [2.24, 2.45) is 13.0 Å². The Morgan fingerprint density at radius 3 is 2.68 bits per heavy atom. The topological polar surface area (TPSA) is 39.1 Å². The van der Waals surface area contributed by atoms with Crippen molar-refractivity contribution in [1.29, 1.82) is 0 Å². The van der Waals surface area contributed by atoms with E-state index in [1.165, 1.54) is 0 Å². The van der Waals surface area contributed by atoms with E-state index >= 15 is 0 Å². The highest BCUT2D eigenvalue weighted by molar-refractivity contribution is 5.78. The van der Waals surface area contributed by atoms with Gasteiger partial charge in [-0.3, -0.25) is 0 Å². The summed E-state index contributed by atoms with van der Waals surface area (Å²) >= 11 is 0. The number of nitrogens with zero attached hydrogens (tertiary/aromatic N) is 2. The van der Waals surface area contributed by atoms with Crippen LogP contribution in [-0.2, 0) is 11.8 Å². The number of hydrogen-bond acceptors (Lipinski definition) is 3. The molecule has 4 heteroatoms. The number of fused-ring (bicyclic) bond motifs is 1. The average molecular weight is 261 g/mol. The third-order valence-corrected chi connectivity index (χ3v) is 3.41. The first kappa shape index (κ1) is 13.9. The minimum Gasteiger partial charge on any atom is -0.380 e. The lowest BCUT2D eigenvalue weighted by Crippen LogP contribution is -2.32. The molecule has 1 heterocycles. The summed E-state index contributed by atoms with van der Waals surface area (Å²) in [6.07, 6.45) is 0. The monoisotopic (exact) mass is 261 g/mol. The molecule has 0 radical (unpaired) electrons. The van der Waals surface area contributed by atoms with Crippen molar-refractivity contribution in [2.75, 3.05) is 18.5 Å². The second-order valence-corrected chi connectivity index (χ2v) is 5.14. The largest absolute Gasteiger partial charge is 0.380 e. The van der Waals surface area contributed by atoms with E-state index < -0.39 is 0 Å². The van der Waals surface area contributed by atoms with Crippen LogP contribution in [0.25, 0.3) is 11.0 Å². The number of aryl methyl sites for hydroxylation is 1. The average Bonchev–Trinajstić information content (AvgIpc) is 2.71. The van der Waals surface area contributed by atoms with Crippen molar-refractivity contribution >= 4 is 17.0 Å². The molecule has 1 aromatic carbocycles. The maximum atomic E-state index is 5.54. The second-order valence-electron chi connectivity index (χ2n) is 5.14. The molecule has 0 bridgehead atoms. The molecule has 1 aromatic heterocycles. The number of benzene rings is 1. The molecule has 1 N–H and O–H groups in total. The summed E-state index contributed by atoms with van der Waals surface area (Å²) in [5.41, 5.74) is 2.16. The number of ether oxygens (including phenoxy) is 1. The smallest absolute Gasteiger partial charge is 0.203 e. The highest BCUT2D eigenvalue weighted by Crippen LogP contribution is 2.19. The van der Waals surface area contributed by atoms with Crippen LogP contribution in [0, 0.1) is 5.92 Å². The summed E-state index contributed by atoms with van der Waals surface area (Å²) in [6, 6.07) is 8.44. The molecule has 0 aliphatic heterocycles. The van der Waals surface area contributed by atoms with Crippen molar-refractivity contribution in [2.45, 2.75) is 26.8 Å². The summed E-state index contributed by atoms with van der Waals surface area (Å²) in [6.45, 7) is 7.86. The van der Waals surface area contributed by atoms with Crippen LogP contribution >= 0.6 is 0 Å². The maximum Gasteiger partial charge on any atom is 0.203 e. The van der Waals surface area contributed by atoms with Crippen LogP contribution in [0.1, 0.15) is 20.8 Å². The molecule has 0 aliphatic carbocycles. The zero-order valence-electron chi connectivity index (χ0n) is 12.2. The Kier molecular flexibility index (Phi) is 4.43. The van der Waals surface area contributed by atoms with E-state index in [4.69, 9.17) is 4.74 Å². The van der Waals surface area contributed by atoms with Crippen LogP contribution in [-0.4, -0.2) is 28.8 Å². The van der Waals surface area contributed by atoms with E-state index in [0.717, 1.165) is 23.6 Å². The molecule has 104 valence electrons. The molecule has 0 spiro atoms. The SMILES string of the molecule is CCOCC(Nc1nc2ccccc2n1C)C(C)C. The number of para-hydroxylation sites is 2. The highest BCUT2D eigenvalue weighted by Gasteiger charge is 2.16. The van der Waals surface area contributed by atoms with Gasteiger partial charge in [-0.05, 0) is 25.0 Å². The van der Waals surface area contributed by atoms with E-state index in [1.54, 1.807) is 0 Å². The minimum atomic E-state index is 0.274. The zero-order chi connectivity index (χ0) is 13.8. The van der Waals surface area contributed by atoms with Gasteiger partial charge in [-0.25, -0.2) is 4.98 Å². The Morgan fingerprint density at radius 1 is 1.32 bits per heavy atom. The molecule has 4 nitrogen and oxygen atoms in total. The summed E-state index contributed by atoms with van der Waals surface area (Å²) in [5.74, 6) is 1.39. The molecular formula is C15H23N3O. The highest BCUT2D eigenvalue weighted by atomic mass is 16.5. The number of hydrogen-bond donors (Lipinski definition) is 1. The Morgan fingerprint density at radius 2 is 2.05 bits per heavy atom. The molecular weight excluding hydrogens is 238 g/mol. The molecule has 2 aromatic rings. The van der Waals surface area contributed by atoms with Crippen LogP contribution < -0.4 is 5.32 Å². The van der Waals surface area contributed by atoms with Crippen molar-refractivity contribution < 1.29 is 4.74 Å². The van der Waals surface area contributed by atoms with Crippen LogP contribution in [0.15, 0.2) is 24.3 Å². The van der Waals surface area contributed by atoms with Gasteiger partial charge < -0.3 is 14.6 Å². The van der Waals surface area contributed by atoms with Crippen LogP contribution in [0.2, 0.25) is 0 Å². The Labute approximate surface area is 114 Å². The van der Waals surface area contributed by atoms with Crippen LogP contribution in [0.4, 0.5) is 5.95 Å².